The quantitative estimate of drug-likeness (QED) is 0.243. The standard InChI is InChI=1S/C36H33NO/c1-21(2)31-19-30(18-29-15-22(3)14-23(4)34(29)31)35-36-27(12-13-37-35)20-32(38-36)33-24(5)16-28(17-25(33)6)26-10-8-7-9-11-26/h7-21H,1-6H3. The zero-order valence-electron chi connectivity index (χ0n) is 23.0. The lowest BCUT2D eigenvalue weighted by Gasteiger charge is -2.16. The molecule has 0 aliphatic heterocycles. The molecule has 4 aromatic carbocycles. The Morgan fingerprint density at radius 1 is 0.658 bits per heavy atom. The number of furan rings is 1. The second-order valence-electron chi connectivity index (χ2n) is 10.9. The molecule has 6 rings (SSSR count). The molecule has 0 amide bonds. The van der Waals surface area contributed by atoms with Crippen molar-refractivity contribution >= 4 is 21.7 Å². The van der Waals surface area contributed by atoms with Gasteiger partial charge in [0.1, 0.15) is 11.5 Å². The predicted octanol–water partition coefficient (Wildman–Crippen LogP) is 10.3. The van der Waals surface area contributed by atoms with E-state index in [1.165, 1.54) is 49.7 Å². The lowest BCUT2D eigenvalue weighted by atomic mass is 9.89. The van der Waals surface area contributed by atoms with Crippen LogP contribution in [-0.4, -0.2) is 4.98 Å². The average molecular weight is 496 g/mol. The lowest BCUT2D eigenvalue weighted by molar-refractivity contribution is 0.630. The molecule has 0 spiro atoms. The van der Waals surface area contributed by atoms with Gasteiger partial charge in [-0.1, -0.05) is 74.0 Å². The van der Waals surface area contributed by atoms with Gasteiger partial charge in [0.05, 0.1) is 0 Å². The molecule has 6 aromatic rings. The molecule has 0 unspecified atom stereocenters. The highest BCUT2D eigenvalue weighted by atomic mass is 16.3. The molecule has 2 aromatic heterocycles. The molecule has 0 saturated carbocycles. The van der Waals surface area contributed by atoms with Crippen molar-refractivity contribution in [1.29, 1.82) is 0 Å². The molecule has 0 fully saturated rings. The van der Waals surface area contributed by atoms with E-state index in [2.05, 4.69) is 114 Å². The molecular weight excluding hydrogens is 462 g/mol. The van der Waals surface area contributed by atoms with E-state index in [4.69, 9.17) is 9.40 Å². The summed E-state index contributed by atoms with van der Waals surface area (Å²) in [6.45, 7) is 13.3. The Hall–Kier alpha value is -4.17. The Bertz CT molecular complexity index is 1800. The van der Waals surface area contributed by atoms with E-state index in [9.17, 15) is 0 Å². The highest BCUT2D eigenvalue weighted by Crippen LogP contribution is 2.40. The van der Waals surface area contributed by atoms with Crippen molar-refractivity contribution in [2.75, 3.05) is 0 Å². The molecule has 38 heavy (non-hydrogen) atoms. The molecule has 0 bridgehead atoms. The van der Waals surface area contributed by atoms with E-state index < -0.39 is 0 Å². The minimum Gasteiger partial charge on any atom is -0.454 e. The number of aryl methyl sites for hydroxylation is 4. The van der Waals surface area contributed by atoms with Gasteiger partial charge in [0, 0.05) is 22.7 Å². The molecule has 2 heteroatoms. The van der Waals surface area contributed by atoms with Gasteiger partial charge in [-0.15, -0.1) is 0 Å². The van der Waals surface area contributed by atoms with Gasteiger partial charge in [0.15, 0.2) is 5.58 Å². The minimum atomic E-state index is 0.402. The van der Waals surface area contributed by atoms with Crippen molar-refractivity contribution in [2.45, 2.75) is 47.5 Å². The van der Waals surface area contributed by atoms with E-state index in [0.717, 1.165) is 33.6 Å². The zero-order chi connectivity index (χ0) is 26.6. The maximum Gasteiger partial charge on any atom is 0.161 e. The number of nitrogens with zero attached hydrogens (tertiary/aromatic N) is 1. The smallest absolute Gasteiger partial charge is 0.161 e. The van der Waals surface area contributed by atoms with Crippen LogP contribution in [0.5, 0.6) is 0 Å². The fraction of sp³-hybridized carbons (Fsp3) is 0.194. The van der Waals surface area contributed by atoms with Crippen LogP contribution in [0.4, 0.5) is 0 Å². The topological polar surface area (TPSA) is 26.0 Å². The first-order chi connectivity index (χ1) is 18.3. The van der Waals surface area contributed by atoms with Crippen LogP contribution in [0.1, 0.15) is 47.6 Å². The SMILES string of the molecule is Cc1cc(C)c2c(C(C)C)cc(-c3nccc4cc(-c5c(C)cc(-c6ccccc6)cc5C)oc34)cc2c1. The molecule has 0 radical (unpaired) electrons. The number of rotatable bonds is 4. The number of fused-ring (bicyclic) bond motifs is 2. The van der Waals surface area contributed by atoms with Crippen LogP contribution in [-0.2, 0) is 0 Å². The zero-order valence-corrected chi connectivity index (χ0v) is 23.0. The Labute approximate surface area is 225 Å². The van der Waals surface area contributed by atoms with E-state index in [1.54, 1.807) is 0 Å². The molecule has 2 heterocycles. The van der Waals surface area contributed by atoms with Crippen LogP contribution in [0.15, 0.2) is 89.5 Å². The van der Waals surface area contributed by atoms with E-state index in [1.807, 2.05) is 12.3 Å². The molecule has 188 valence electrons. The number of hydrogen-bond acceptors (Lipinski definition) is 2. The molecule has 0 N–H and O–H groups in total. The number of hydrogen-bond donors (Lipinski definition) is 0. The van der Waals surface area contributed by atoms with Gasteiger partial charge < -0.3 is 4.42 Å². The van der Waals surface area contributed by atoms with Gasteiger partial charge in [-0.2, -0.15) is 0 Å². The largest absolute Gasteiger partial charge is 0.454 e. The first-order valence-electron chi connectivity index (χ1n) is 13.4. The monoisotopic (exact) mass is 495 g/mol. The highest BCUT2D eigenvalue weighted by molar-refractivity contribution is 5.98. The molecule has 0 aliphatic carbocycles. The normalized spacial score (nSPS) is 11.7. The summed E-state index contributed by atoms with van der Waals surface area (Å²) in [4.78, 5) is 4.84. The van der Waals surface area contributed by atoms with Crippen molar-refractivity contribution < 1.29 is 4.42 Å². The Morgan fingerprint density at radius 3 is 2.11 bits per heavy atom. The summed E-state index contributed by atoms with van der Waals surface area (Å²) in [6.07, 6.45) is 1.90. The first kappa shape index (κ1) is 24.2. The second kappa shape index (κ2) is 9.29. The van der Waals surface area contributed by atoms with Gasteiger partial charge in [-0.25, -0.2) is 0 Å². The predicted molar refractivity (Wildman–Crippen MR) is 161 cm³/mol. The Kier molecular flexibility index (Phi) is 5.91. The summed E-state index contributed by atoms with van der Waals surface area (Å²) in [5, 5.41) is 3.69. The number of benzene rings is 4. The van der Waals surface area contributed by atoms with E-state index in [-0.39, 0.29) is 0 Å². The van der Waals surface area contributed by atoms with Crippen LogP contribution in [0.3, 0.4) is 0 Å². The van der Waals surface area contributed by atoms with Crippen LogP contribution in [0.25, 0.3) is 55.4 Å². The highest BCUT2D eigenvalue weighted by Gasteiger charge is 2.18. The summed E-state index contributed by atoms with van der Waals surface area (Å²) in [5.74, 6) is 1.29. The van der Waals surface area contributed by atoms with Crippen LogP contribution >= 0.6 is 0 Å². The van der Waals surface area contributed by atoms with Gasteiger partial charge in [0.25, 0.3) is 0 Å². The minimum absolute atomic E-state index is 0.402. The van der Waals surface area contributed by atoms with E-state index >= 15 is 0 Å². The van der Waals surface area contributed by atoms with Gasteiger partial charge in [0.2, 0.25) is 0 Å². The van der Waals surface area contributed by atoms with Crippen molar-refractivity contribution in [1.82, 2.24) is 4.98 Å². The molecule has 0 aliphatic rings. The first-order valence-corrected chi connectivity index (χ1v) is 13.4. The third-order valence-electron chi connectivity index (χ3n) is 7.64. The fourth-order valence-corrected chi connectivity index (χ4v) is 5.99. The second-order valence-corrected chi connectivity index (χ2v) is 10.9. The summed E-state index contributed by atoms with van der Waals surface area (Å²) in [7, 11) is 0. The molecule has 0 atom stereocenters. The summed E-state index contributed by atoms with van der Waals surface area (Å²) >= 11 is 0. The Morgan fingerprint density at radius 2 is 1.39 bits per heavy atom. The maximum absolute atomic E-state index is 6.64. The third kappa shape index (κ3) is 4.11. The van der Waals surface area contributed by atoms with Gasteiger partial charge in [-0.3, -0.25) is 4.98 Å². The molecular formula is C36H33NO. The van der Waals surface area contributed by atoms with E-state index in [0.29, 0.717) is 5.92 Å². The van der Waals surface area contributed by atoms with Crippen molar-refractivity contribution in [3.8, 4) is 33.7 Å². The van der Waals surface area contributed by atoms with Crippen LogP contribution in [0, 0.1) is 27.7 Å². The lowest BCUT2D eigenvalue weighted by Crippen LogP contribution is -1.95. The number of aromatic nitrogens is 1. The summed E-state index contributed by atoms with van der Waals surface area (Å²) < 4.78 is 6.64. The third-order valence-corrected chi connectivity index (χ3v) is 7.64. The fourth-order valence-electron chi connectivity index (χ4n) is 5.99. The van der Waals surface area contributed by atoms with Crippen molar-refractivity contribution in [2.24, 2.45) is 0 Å². The van der Waals surface area contributed by atoms with Gasteiger partial charge >= 0.3 is 0 Å². The van der Waals surface area contributed by atoms with Crippen molar-refractivity contribution in [3.05, 3.63) is 113 Å². The molecule has 2 nitrogen and oxygen atoms in total. The average Bonchev–Trinajstić information content (AvgIpc) is 3.31. The molecule has 0 saturated heterocycles. The van der Waals surface area contributed by atoms with Crippen LogP contribution in [0.2, 0.25) is 0 Å². The summed E-state index contributed by atoms with van der Waals surface area (Å²) in [5.41, 5.74) is 12.8. The van der Waals surface area contributed by atoms with Crippen molar-refractivity contribution in [3.63, 3.8) is 0 Å². The number of pyridine rings is 1. The van der Waals surface area contributed by atoms with Crippen LogP contribution < -0.4 is 0 Å². The summed E-state index contributed by atoms with van der Waals surface area (Å²) in [6, 6.07) is 28.4. The Balaban J connectivity index is 1.52. The van der Waals surface area contributed by atoms with Gasteiger partial charge in [-0.05, 0) is 102 Å². The maximum atomic E-state index is 6.64.